The maximum atomic E-state index is 12.7. The third kappa shape index (κ3) is 5.22. The van der Waals surface area contributed by atoms with E-state index in [1.54, 1.807) is 0 Å². The predicted molar refractivity (Wildman–Crippen MR) is 115 cm³/mol. The molecule has 0 bridgehead atoms. The van der Waals surface area contributed by atoms with Gasteiger partial charge in [-0.3, -0.25) is 9.59 Å². The first-order valence-electron chi connectivity index (χ1n) is 10.1. The van der Waals surface area contributed by atoms with Crippen LogP contribution in [0, 0.1) is 0 Å². The number of aromatic nitrogens is 2. The molecule has 3 rings (SSSR count). The third-order valence-corrected chi connectivity index (χ3v) is 5.02. The van der Waals surface area contributed by atoms with Crippen LogP contribution in [0.2, 0.25) is 0 Å². The fourth-order valence-corrected chi connectivity index (χ4v) is 3.46. The largest absolute Gasteiger partial charge is 0.355 e. The molecule has 1 N–H and O–H groups in total. The van der Waals surface area contributed by atoms with Crippen molar-refractivity contribution in [3.05, 3.63) is 66.0 Å². The van der Waals surface area contributed by atoms with Gasteiger partial charge >= 0.3 is 0 Å². The summed E-state index contributed by atoms with van der Waals surface area (Å²) in [5, 5.41) is 2.96. The Morgan fingerprint density at radius 3 is 2.41 bits per heavy atom. The first-order chi connectivity index (χ1) is 14.1. The summed E-state index contributed by atoms with van der Waals surface area (Å²) in [7, 11) is 0. The van der Waals surface area contributed by atoms with Crippen LogP contribution < -0.4 is 5.32 Å². The van der Waals surface area contributed by atoms with Gasteiger partial charge in [0.25, 0.3) is 0 Å². The Balaban J connectivity index is 1.68. The van der Waals surface area contributed by atoms with Crippen molar-refractivity contribution in [3.63, 3.8) is 0 Å². The zero-order valence-electron chi connectivity index (χ0n) is 17.1. The molecule has 6 heteroatoms. The van der Waals surface area contributed by atoms with E-state index in [1.165, 1.54) is 0 Å². The Hall–Kier alpha value is -3.15. The molecule has 0 aliphatic rings. The van der Waals surface area contributed by atoms with E-state index in [-0.39, 0.29) is 18.4 Å². The number of carbonyl (C=O) groups excluding carboxylic acids is 2. The molecule has 0 spiro atoms. The van der Waals surface area contributed by atoms with Crippen LogP contribution in [0.5, 0.6) is 0 Å². The Morgan fingerprint density at radius 1 is 1.00 bits per heavy atom. The van der Waals surface area contributed by atoms with Gasteiger partial charge in [0.2, 0.25) is 11.8 Å². The van der Waals surface area contributed by atoms with Crippen molar-refractivity contribution >= 4 is 22.8 Å². The van der Waals surface area contributed by atoms with Crippen LogP contribution in [0.3, 0.4) is 0 Å². The molecular formula is C23H28N4O2. The van der Waals surface area contributed by atoms with E-state index in [9.17, 15) is 9.59 Å². The quantitative estimate of drug-likeness (QED) is 0.609. The molecule has 0 saturated carbocycles. The SMILES string of the molecule is CCN(CC)C(=O)Cn1c(CCNC(=O)Cc2ccccc2)nc2ccccc21. The lowest BCUT2D eigenvalue weighted by atomic mass is 10.1. The molecule has 152 valence electrons. The van der Waals surface area contributed by atoms with Gasteiger partial charge in [-0.05, 0) is 31.5 Å². The average molecular weight is 393 g/mol. The molecule has 0 fully saturated rings. The number of rotatable bonds is 9. The zero-order chi connectivity index (χ0) is 20.6. The first-order valence-corrected chi connectivity index (χ1v) is 10.1. The lowest BCUT2D eigenvalue weighted by Gasteiger charge is -2.20. The maximum Gasteiger partial charge on any atom is 0.242 e. The molecule has 2 aromatic carbocycles. The zero-order valence-corrected chi connectivity index (χ0v) is 17.1. The van der Waals surface area contributed by atoms with Gasteiger partial charge in [0, 0.05) is 26.1 Å². The first kappa shape index (κ1) is 20.6. The van der Waals surface area contributed by atoms with E-state index in [0.717, 1.165) is 22.4 Å². The normalized spacial score (nSPS) is 10.8. The van der Waals surface area contributed by atoms with E-state index < -0.39 is 0 Å². The summed E-state index contributed by atoms with van der Waals surface area (Å²) in [6, 6.07) is 17.5. The van der Waals surface area contributed by atoms with Gasteiger partial charge in [-0.15, -0.1) is 0 Å². The number of nitrogens with one attached hydrogen (secondary N) is 1. The molecule has 29 heavy (non-hydrogen) atoms. The number of nitrogens with zero attached hydrogens (tertiary/aromatic N) is 3. The number of imidazole rings is 1. The summed E-state index contributed by atoms with van der Waals surface area (Å²) < 4.78 is 1.97. The number of hydrogen-bond acceptors (Lipinski definition) is 3. The van der Waals surface area contributed by atoms with E-state index in [2.05, 4.69) is 5.32 Å². The summed E-state index contributed by atoms with van der Waals surface area (Å²) in [4.78, 5) is 31.4. The van der Waals surface area contributed by atoms with Gasteiger partial charge in [0.1, 0.15) is 12.4 Å². The Kier molecular flexibility index (Phi) is 7.00. The second-order valence-electron chi connectivity index (χ2n) is 6.93. The van der Waals surface area contributed by atoms with Crippen LogP contribution in [0.1, 0.15) is 25.2 Å². The minimum absolute atomic E-state index is 0.0157. The van der Waals surface area contributed by atoms with Crippen molar-refractivity contribution in [2.45, 2.75) is 33.2 Å². The highest BCUT2D eigenvalue weighted by Gasteiger charge is 2.16. The smallest absolute Gasteiger partial charge is 0.242 e. The second kappa shape index (κ2) is 9.87. The summed E-state index contributed by atoms with van der Waals surface area (Å²) >= 11 is 0. The maximum absolute atomic E-state index is 12.7. The van der Waals surface area contributed by atoms with Crippen LogP contribution in [0.15, 0.2) is 54.6 Å². The van der Waals surface area contributed by atoms with Gasteiger partial charge < -0.3 is 14.8 Å². The van der Waals surface area contributed by atoms with Crippen LogP contribution in [0.4, 0.5) is 0 Å². The highest BCUT2D eigenvalue weighted by atomic mass is 16.2. The lowest BCUT2D eigenvalue weighted by molar-refractivity contribution is -0.131. The number of para-hydroxylation sites is 2. The topological polar surface area (TPSA) is 67.2 Å². The number of likely N-dealkylation sites (N-methyl/N-ethyl adjacent to an activating group) is 1. The third-order valence-electron chi connectivity index (χ3n) is 5.02. The van der Waals surface area contributed by atoms with Crippen LogP contribution in [-0.4, -0.2) is 45.9 Å². The van der Waals surface area contributed by atoms with E-state index in [4.69, 9.17) is 4.98 Å². The van der Waals surface area contributed by atoms with Crippen molar-refractivity contribution in [2.24, 2.45) is 0 Å². The molecule has 3 aromatic rings. The number of benzene rings is 2. The van der Waals surface area contributed by atoms with Gasteiger partial charge in [-0.25, -0.2) is 4.98 Å². The molecule has 2 amide bonds. The molecule has 1 heterocycles. The molecule has 0 radical (unpaired) electrons. The average Bonchev–Trinajstić information content (AvgIpc) is 3.07. The van der Waals surface area contributed by atoms with E-state index in [1.807, 2.05) is 77.9 Å². The van der Waals surface area contributed by atoms with Gasteiger partial charge in [-0.2, -0.15) is 0 Å². The van der Waals surface area contributed by atoms with Crippen molar-refractivity contribution in [3.8, 4) is 0 Å². The monoisotopic (exact) mass is 392 g/mol. The summed E-state index contributed by atoms with van der Waals surface area (Å²) in [6.45, 7) is 6.08. The fraction of sp³-hybridized carbons (Fsp3) is 0.348. The second-order valence-corrected chi connectivity index (χ2v) is 6.93. The molecule has 0 aliphatic carbocycles. The standard InChI is InChI=1S/C23H28N4O2/c1-3-26(4-2)23(29)17-27-20-13-9-8-12-19(20)25-21(27)14-15-24-22(28)16-18-10-6-5-7-11-18/h5-13H,3-4,14-17H2,1-2H3,(H,24,28). The minimum Gasteiger partial charge on any atom is -0.355 e. The van der Waals surface area contributed by atoms with Gasteiger partial charge in [-0.1, -0.05) is 42.5 Å². The fourth-order valence-electron chi connectivity index (χ4n) is 3.46. The van der Waals surface area contributed by atoms with Crippen molar-refractivity contribution < 1.29 is 9.59 Å². The van der Waals surface area contributed by atoms with Crippen molar-refractivity contribution in [2.75, 3.05) is 19.6 Å². The van der Waals surface area contributed by atoms with E-state index in [0.29, 0.717) is 32.5 Å². The molecule has 0 saturated heterocycles. The Morgan fingerprint density at radius 2 is 1.69 bits per heavy atom. The molecule has 1 aromatic heterocycles. The predicted octanol–water partition coefficient (Wildman–Crippen LogP) is 2.81. The highest BCUT2D eigenvalue weighted by Crippen LogP contribution is 2.17. The summed E-state index contributed by atoms with van der Waals surface area (Å²) in [6.07, 6.45) is 0.929. The van der Waals surface area contributed by atoms with Gasteiger partial charge in [0.15, 0.2) is 0 Å². The van der Waals surface area contributed by atoms with Gasteiger partial charge in [0.05, 0.1) is 17.5 Å². The van der Waals surface area contributed by atoms with Crippen molar-refractivity contribution in [1.29, 1.82) is 0 Å². The summed E-state index contributed by atoms with van der Waals surface area (Å²) in [5.74, 6) is 0.873. The summed E-state index contributed by atoms with van der Waals surface area (Å²) in [5.41, 5.74) is 2.80. The number of amides is 2. The highest BCUT2D eigenvalue weighted by molar-refractivity contribution is 5.81. The van der Waals surface area contributed by atoms with Crippen LogP contribution >= 0.6 is 0 Å². The number of hydrogen-bond donors (Lipinski definition) is 1. The molecule has 6 nitrogen and oxygen atoms in total. The Labute approximate surface area is 171 Å². The Bertz CT molecular complexity index is 961. The molecule has 0 atom stereocenters. The minimum atomic E-state index is -0.0157. The number of fused-ring (bicyclic) bond motifs is 1. The van der Waals surface area contributed by atoms with E-state index >= 15 is 0 Å². The lowest BCUT2D eigenvalue weighted by Crippen LogP contribution is -2.34. The van der Waals surface area contributed by atoms with Crippen LogP contribution in [-0.2, 0) is 29.0 Å². The van der Waals surface area contributed by atoms with Crippen molar-refractivity contribution in [1.82, 2.24) is 19.8 Å². The molecule has 0 unspecified atom stereocenters. The molecule has 0 aliphatic heterocycles. The van der Waals surface area contributed by atoms with Crippen LogP contribution in [0.25, 0.3) is 11.0 Å². The molecular weight excluding hydrogens is 364 g/mol. The number of carbonyl (C=O) groups is 2.